The maximum absolute atomic E-state index is 12.3. The Bertz CT molecular complexity index is 984. The zero-order chi connectivity index (χ0) is 21.6. The fourth-order valence-corrected chi connectivity index (χ4v) is 4.04. The number of benzene rings is 2. The van der Waals surface area contributed by atoms with Gasteiger partial charge in [0.15, 0.2) is 5.76 Å². The normalized spacial score (nSPS) is 17.8. The molecule has 2 aromatic carbocycles. The Balaban J connectivity index is 1.29. The number of carbonyl (C=O) groups is 1. The highest BCUT2D eigenvalue weighted by Crippen LogP contribution is 2.29. The lowest BCUT2D eigenvalue weighted by molar-refractivity contribution is 0.116. The van der Waals surface area contributed by atoms with Crippen molar-refractivity contribution < 1.29 is 9.21 Å². The van der Waals surface area contributed by atoms with Crippen LogP contribution in [-0.2, 0) is 0 Å². The lowest BCUT2D eigenvalue weighted by Gasteiger charge is -2.35. The highest BCUT2D eigenvalue weighted by molar-refractivity contribution is 5.89. The smallest absolute Gasteiger partial charge is 0.319 e. The van der Waals surface area contributed by atoms with Gasteiger partial charge in [-0.05, 0) is 51.3 Å². The molecule has 0 spiro atoms. The van der Waals surface area contributed by atoms with Crippen LogP contribution in [0.1, 0.15) is 37.3 Å². The molecule has 6 heteroatoms. The zero-order valence-corrected chi connectivity index (χ0v) is 18.2. The number of hydrogen-bond acceptors (Lipinski definition) is 4. The fourth-order valence-electron chi connectivity index (χ4n) is 4.04. The van der Waals surface area contributed by atoms with Gasteiger partial charge in [0, 0.05) is 24.3 Å². The van der Waals surface area contributed by atoms with Crippen molar-refractivity contribution in [3.8, 4) is 11.3 Å². The number of rotatable bonds is 6. The van der Waals surface area contributed by atoms with Crippen LogP contribution in [0.2, 0.25) is 0 Å². The second kappa shape index (κ2) is 9.79. The third-order valence-corrected chi connectivity index (χ3v) is 5.90. The van der Waals surface area contributed by atoms with Gasteiger partial charge in [-0.2, -0.15) is 0 Å². The maximum Gasteiger partial charge on any atom is 0.319 e. The van der Waals surface area contributed by atoms with E-state index < -0.39 is 0 Å². The fraction of sp³-hybridized carbons (Fsp3) is 0.360. The molecule has 6 nitrogen and oxygen atoms in total. The predicted molar refractivity (Wildman–Crippen MR) is 123 cm³/mol. The lowest BCUT2D eigenvalue weighted by Crippen LogP contribution is -2.42. The molecule has 162 valence electrons. The Labute approximate surface area is 183 Å². The number of hydrogen-bond donors (Lipinski definition) is 2. The Morgan fingerprint density at radius 3 is 2.74 bits per heavy atom. The summed E-state index contributed by atoms with van der Waals surface area (Å²) >= 11 is 0. The first-order valence-corrected chi connectivity index (χ1v) is 10.9. The number of likely N-dealkylation sites (tertiary alicyclic amines) is 1. The van der Waals surface area contributed by atoms with E-state index >= 15 is 0 Å². The van der Waals surface area contributed by atoms with Gasteiger partial charge >= 0.3 is 6.03 Å². The van der Waals surface area contributed by atoms with Crippen molar-refractivity contribution in [1.82, 2.24) is 15.2 Å². The second-order valence-corrected chi connectivity index (χ2v) is 8.31. The van der Waals surface area contributed by atoms with Gasteiger partial charge in [-0.3, -0.25) is 4.90 Å². The van der Waals surface area contributed by atoms with E-state index in [1.54, 1.807) is 6.20 Å². The zero-order valence-electron chi connectivity index (χ0n) is 18.2. The summed E-state index contributed by atoms with van der Waals surface area (Å²) in [4.78, 5) is 19.2. The molecule has 2 N–H and O–H groups in total. The van der Waals surface area contributed by atoms with E-state index in [1.807, 2.05) is 61.5 Å². The number of anilines is 1. The summed E-state index contributed by atoms with van der Waals surface area (Å²) in [5.41, 5.74) is 3.01. The van der Waals surface area contributed by atoms with Gasteiger partial charge in [-0.25, -0.2) is 9.78 Å². The average Bonchev–Trinajstić information content (AvgIpc) is 3.30. The molecular formula is C25H30N4O2. The molecule has 2 unspecified atom stereocenters. The number of amides is 2. The first-order valence-electron chi connectivity index (χ1n) is 10.9. The van der Waals surface area contributed by atoms with Crippen LogP contribution in [0.25, 0.3) is 11.3 Å². The lowest BCUT2D eigenvalue weighted by atomic mass is 9.97. The minimum absolute atomic E-state index is 0.0987. The molecule has 0 saturated carbocycles. The van der Waals surface area contributed by atoms with Crippen molar-refractivity contribution in [3.63, 3.8) is 0 Å². The number of oxazole rings is 1. The molecule has 1 aliphatic rings. The predicted octanol–water partition coefficient (Wildman–Crippen LogP) is 5.24. The van der Waals surface area contributed by atoms with E-state index in [0.717, 1.165) is 48.8 Å². The number of nitrogens with one attached hydrogen (secondary N) is 2. The molecule has 2 heterocycles. The number of aryl methyl sites for hydroxylation is 1. The number of piperidine rings is 1. The molecule has 2 amide bonds. The third kappa shape index (κ3) is 5.52. The van der Waals surface area contributed by atoms with Crippen LogP contribution < -0.4 is 10.6 Å². The van der Waals surface area contributed by atoms with Crippen molar-refractivity contribution >= 4 is 11.7 Å². The van der Waals surface area contributed by atoms with E-state index in [9.17, 15) is 4.79 Å². The van der Waals surface area contributed by atoms with Gasteiger partial charge < -0.3 is 15.1 Å². The standard InChI is InChI=1S/C25H30N4O2/c1-18-10-12-22(13-11-18)28-25(30)27-15-20-7-6-14-29(17-20)19(2)24-26-16-23(31-24)21-8-4-3-5-9-21/h3-5,8-13,16,19-20H,6-7,14-15,17H2,1-2H3,(H2,27,28,30). The van der Waals surface area contributed by atoms with Crippen molar-refractivity contribution in [1.29, 1.82) is 0 Å². The van der Waals surface area contributed by atoms with E-state index in [1.165, 1.54) is 5.56 Å². The first-order chi connectivity index (χ1) is 15.1. The Kier molecular flexibility index (Phi) is 6.67. The topological polar surface area (TPSA) is 70.4 Å². The molecule has 31 heavy (non-hydrogen) atoms. The summed E-state index contributed by atoms with van der Waals surface area (Å²) in [5, 5.41) is 5.92. The molecule has 0 radical (unpaired) electrons. The minimum atomic E-state index is -0.158. The maximum atomic E-state index is 12.3. The highest BCUT2D eigenvalue weighted by atomic mass is 16.4. The van der Waals surface area contributed by atoms with Crippen LogP contribution in [0, 0.1) is 12.8 Å². The Morgan fingerprint density at radius 1 is 1.19 bits per heavy atom. The monoisotopic (exact) mass is 418 g/mol. The summed E-state index contributed by atoms with van der Waals surface area (Å²) < 4.78 is 6.06. The summed E-state index contributed by atoms with van der Waals surface area (Å²) in [6.45, 7) is 6.74. The third-order valence-electron chi connectivity index (χ3n) is 5.90. The summed E-state index contributed by atoms with van der Waals surface area (Å²) in [6, 6.07) is 17.8. The number of urea groups is 1. The van der Waals surface area contributed by atoms with E-state index in [-0.39, 0.29) is 12.1 Å². The molecule has 1 aromatic heterocycles. The van der Waals surface area contributed by atoms with Crippen LogP contribution in [0.3, 0.4) is 0 Å². The van der Waals surface area contributed by atoms with Gasteiger partial charge in [-0.15, -0.1) is 0 Å². The molecule has 0 bridgehead atoms. The van der Waals surface area contributed by atoms with Gasteiger partial charge in [0.05, 0.1) is 12.2 Å². The molecular weight excluding hydrogens is 388 g/mol. The molecule has 1 fully saturated rings. The van der Waals surface area contributed by atoms with Gasteiger partial charge in [0.25, 0.3) is 0 Å². The van der Waals surface area contributed by atoms with E-state index in [0.29, 0.717) is 12.5 Å². The summed E-state index contributed by atoms with van der Waals surface area (Å²) in [7, 11) is 0. The van der Waals surface area contributed by atoms with Crippen LogP contribution in [0.4, 0.5) is 10.5 Å². The van der Waals surface area contributed by atoms with Crippen LogP contribution in [0.5, 0.6) is 0 Å². The first kappa shape index (κ1) is 21.1. The Hall–Kier alpha value is -3.12. The summed E-state index contributed by atoms with van der Waals surface area (Å²) in [6.07, 6.45) is 4.01. The van der Waals surface area contributed by atoms with Crippen molar-refractivity contribution in [2.24, 2.45) is 5.92 Å². The van der Waals surface area contributed by atoms with Crippen LogP contribution in [-0.4, -0.2) is 35.5 Å². The SMILES string of the molecule is Cc1ccc(NC(=O)NCC2CCCN(C(C)c3ncc(-c4ccccc4)o3)C2)cc1. The van der Waals surface area contributed by atoms with Gasteiger partial charge in [0.2, 0.25) is 5.89 Å². The average molecular weight is 419 g/mol. The van der Waals surface area contributed by atoms with Gasteiger partial charge in [0.1, 0.15) is 0 Å². The van der Waals surface area contributed by atoms with Crippen molar-refractivity contribution in [2.75, 3.05) is 25.0 Å². The van der Waals surface area contributed by atoms with Crippen LogP contribution >= 0.6 is 0 Å². The minimum Gasteiger partial charge on any atom is -0.439 e. The quantitative estimate of drug-likeness (QED) is 0.574. The molecule has 2 atom stereocenters. The van der Waals surface area contributed by atoms with E-state index in [2.05, 4.69) is 27.4 Å². The van der Waals surface area contributed by atoms with E-state index in [4.69, 9.17) is 4.42 Å². The summed E-state index contributed by atoms with van der Waals surface area (Å²) in [5.74, 6) is 1.94. The van der Waals surface area contributed by atoms with Crippen LogP contribution in [0.15, 0.2) is 65.2 Å². The molecule has 1 saturated heterocycles. The Morgan fingerprint density at radius 2 is 1.97 bits per heavy atom. The van der Waals surface area contributed by atoms with Crippen molar-refractivity contribution in [3.05, 3.63) is 72.2 Å². The molecule has 3 aromatic rings. The largest absolute Gasteiger partial charge is 0.439 e. The second-order valence-electron chi connectivity index (χ2n) is 8.31. The molecule has 1 aliphatic heterocycles. The molecule has 0 aliphatic carbocycles. The number of carbonyl (C=O) groups excluding carboxylic acids is 1. The molecule has 4 rings (SSSR count). The highest BCUT2D eigenvalue weighted by Gasteiger charge is 2.27. The number of nitrogens with zero attached hydrogens (tertiary/aromatic N) is 2. The number of aromatic nitrogens is 1. The van der Waals surface area contributed by atoms with Crippen molar-refractivity contribution in [2.45, 2.75) is 32.7 Å². The van der Waals surface area contributed by atoms with Gasteiger partial charge in [-0.1, -0.05) is 48.0 Å².